The average molecular weight is 342 g/mol. The van der Waals surface area contributed by atoms with Crippen molar-refractivity contribution in [2.75, 3.05) is 0 Å². The van der Waals surface area contributed by atoms with Crippen LogP contribution in [0.1, 0.15) is 16.1 Å². The number of nitrogens with one attached hydrogen (secondary N) is 1. The molecule has 19 heavy (non-hydrogen) atoms. The summed E-state index contributed by atoms with van der Waals surface area (Å²) < 4.78 is 2.16. The second-order valence-corrected chi connectivity index (χ2v) is 5.04. The normalized spacial score (nSPS) is 10.9. The van der Waals surface area contributed by atoms with E-state index in [1.165, 1.54) is 6.21 Å². The lowest BCUT2D eigenvalue weighted by Gasteiger charge is -1.96. The minimum absolute atomic E-state index is 0.288. The molecular formula is C12H10BrClN4O. The molecule has 2 rings (SSSR count). The minimum atomic E-state index is -0.377. The molecule has 1 amide bonds. The second kappa shape index (κ2) is 5.99. The van der Waals surface area contributed by atoms with Crippen molar-refractivity contribution in [2.45, 2.75) is 0 Å². The van der Waals surface area contributed by atoms with E-state index in [4.69, 9.17) is 11.6 Å². The van der Waals surface area contributed by atoms with Crippen molar-refractivity contribution in [2.24, 2.45) is 12.1 Å². The number of hydrazone groups is 1. The Morgan fingerprint density at radius 2 is 2.16 bits per heavy atom. The molecule has 5 nitrogen and oxygen atoms in total. The smallest absolute Gasteiger partial charge is 0.274 e. The van der Waals surface area contributed by atoms with Gasteiger partial charge in [0.05, 0.1) is 10.7 Å². The van der Waals surface area contributed by atoms with E-state index in [9.17, 15) is 4.79 Å². The maximum absolute atomic E-state index is 11.8. The van der Waals surface area contributed by atoms with Crippen LogP contribution in [0.2, 0.25) is 5.02 Å². The van der Waals surface area contributed by atoms with E-state index in [1.54, 1.807) is 42.2 Å². The summed E-state index contributed by atoms with van der Waals surface area (Å²) in [5, 5.41) is 8.53. The van der Waals surface area contributed by atoms with E-state index in [0.29, 0.717) is 9.50 Å². The molecule has 0 radical (unpaired) electrons. The highest BCUT2D eigenvalue weighted by atomic mass is 79.9. The average Bonchev–Trinajstić information content (AvgIpc) is 2.71. The largest absolute Gasteiger partial charge is 0.293 e. The van der Waals surface area contributed by atoms with Gasteiger partial charge in [-0.05, 0) is 33.6 Å². The molecular weight excluding hydrogens is 332 g/mol. The zero-order valence-corrected chi connectivity index (χ0v) is 12.3. The third kappa shape index (κ3) is 3.65. The van der Waals surface area contributed by atoms with Crippen molar-refractivity contribution in [3.8, 4) is 0 Å². The van der Waals surface area contributed by atoms with Gasteiger partial charge in [-0.15, -0.1) is 0 Å². The third-order valence-corrected chi connectivity index (χ3v) is 3.08. The standard InChI is InChI=1S/C12H10BrClN4O/c1-18-7-10(13)11(17-18)12(19)16-15-6-8-2-4-9(14)5-3-8/h2-7H,1H3,(H,16,19)/b15-6+. The summed E-state index contributed by atoms with van der Waals surface area (Å²) in [5.41, 5.74) is 3.53. The predicted octanol–water partition coefficient (Wildman–Crippen LogP) is 2.60. The first kappa shape index (κ1) is 13.8. The molecule has 0 aliphatic heterocycles. The van der Waals surface area contributed by atoms with E-state index in [0.717, 1.165) is 5.56 Å². The van der Waals surface area contributed by atoms with E-state index in [2.05, 4.69) is 31.6 Å². The van der Waals surface area contributed by atoms with Gasteiger partial charge in [0.25, 0.3) is 5.91 Å². The Balaban J connectivity index is 2.00. The van der Waals surface area contributed by atoms with Gasteiger partial charge in [-0.1, -0.05) is 23.7 Å². The first-order chi connectivity index (χ1) is 9.06. The molecule has 0 saturated heterocycles. The van der Waals surface area contributed by atoms with Crippen LogP contribution in [0.25, 0.3) is 0 Å². The van der Waals surface area contributed by atoms with Gasteiger partial charge < -0.3 is 0 Å². The van der Waals surface area contributed by atoms with Gasteiger partial charge in [-0.2, -0.15) is 10.2 Å². The van der Waals surface area contributed by atoms with Crippen LogP contribution in [0.4, 0.5) is 0 Å². The SMILES string of the molecule is Cn1cc(Br)c(C(=O)N/N=C/c2ccc(Cl)cc2)n1. The lowest BCUT2D eigenvalue weighted by atomic mass is 10.2. The highest BCUT2D eigenvalue weighted by Crippen LogP contribution is 2.13. The zero-order valence-electron chi connectivity index (χ0n) is 9.97. The van der Waals surface area contributed by atoms with Gasteiger partial charge in [-0.3, -0.25) is 9.48 Å². The highest BCUT2D eigenvalue weighted by molar-refractivity contribution is 9.10. The molecule has 0 atom stereocenters. The van der Waals surface area contributed by atoms with Crippen LogP contribution in [-0.2, 0) is 7.05 Å². The maximum atomic E-state index is 11.8. The number of aromatic nitrogens is 2. The molecule has 0 bridgehead atoms. The number of amides is 1. The highest BCUT2D eigenvalue weighted by Gasteiger charge is 2.13. The van der Waals surface area contributed by atoms with Crippen molar-refractivity contribution in [3.63, 3.8) is 0 Å². The van der Waals surface area contributed by atoms with Crippen LogP contribution >= 0.6 is 27.5 Å². The number of benzene rings is 1. The lowest BCUT2D eigenvalue weighted by Crippen LogP contribution is -2.18. The van der Waals surface area contributed by atoms with Crippen molar-refractivity contribution in [1.29, 1.82) is 0 Å². The van der Waals surface area contributed by atoms with E-state index < -0.39 is 0 Å². The summed E-state index contributed by atoms with van der Waals surface area (Å²) in [6.07, 6.45) is 3.23. The first-order valence-electron chi connectivity index (χ1n) is 5.34. The summed E-state index contributed by atoms with van der Waals surface area (Å²) in [4.78, 5) is 11.8. The number of nitrogens with zero attached hydrogens (tertiary/aromatic N) is 3. The minimum Gasteiger partial charge on any atom is -0.274 e. The molecule has 1 heterocycles. The topological polar surface area (TPSA) is 59.3 Å². The van der Waals surface area contributed by atoms with Crippen molar-refractivity contribution < 1.29 is 4.79 Å². The van der Waals surface area contributed by atoms with Crippen LogP contribution < -0.4 is 5.43 Å². The van der Waals surface area contributed by atoms with Crippen molar-refractivity contribution in [3.05, 3.63) is 51.2 Å². The quantitative estimate of drug-likeness (QED) is 0.689. The van der Waals surface area contributed by atoms with Crippen LogP contribution in [0.3, 0.4) is 0 Å². The van der Waals surface area contributed by atoms with Gasteiger partial charge in [0, 0.05) is 18.3 Å². The summed E-state index contributed by atoms with van der Waals surface area (Å²) in [7, 11) is 1.73. The Morgan fingerprint density at radius 1 is 1.47 bits per heavy atom. The number of hydrogen-bond acceptors (Lipinski definition) is 3. The van der Waals surface area contributed by atoms with Crippen LogP contribution in [0, 0.1) is 0 Å². The van der Waals surface area contributed by atoms with Crippen molar-refractivity contribution in [1.82, 2.24) is 15.2 Å². The number of carbonyl (C=O) groups excluding carboxylic acids is 1. The molecule has 2 aromatic rings. The molecule has 0 saturated carbocycles. The molecule has 0 aliphatic carbocycles. The van der Waals surface area contributed by atoms with Gasteiger partial charge in [0.2, 0.25) is 0 Å². The Kier molecular flexibility index (Phi) is 4.34. The molecule has 0 fully saturated rings. The van der Waals surface area contributed by atoms with E-state index in [-0.39, 0.29) is 11.6 Å². The molecule has 98 valence electrons. The molecule has 1 aromatic heterocycles. The summed E-state index contributed by atoms with van der Waals surface area (Å²) in [6.45, 7) is 0. The molecule has 7 heteroatoms. The third-order valence-electron chi connectivity index (χ3n) is 2.25. The predicted molar refractivity (Wildman–Crippen MR) is 77.4 cm³/mol. The Labute approximate surface area is 123 Å². The van der Waals surface area contributed by atoms with E-state index >= 15 is 0 Å². The summed E-state index contributed by atoms with van der Waals surface area (Å²) in [6, 6.07) is 7.10. The van der Waals surface area contributed by atoms with Crippen LogP contribution in [-0.4, -0.2) is 21.9 Å². The van der Waals surface area contributed by atoms with Gasteiger partial charge >= 0.3 is 0 Å². The Morgan fingerprint density at radius 3 is 2.74 bits per heavy atom. The number of halogens is 2. The molecule has 1 aromatic carbocycles. The number of rotatable bonds is 3. The Hall–Kier alpha value is -1.66. The zero-order chi connectivity index (χ0) is 13.8. The first-order valence-corrected chi connectivity index (χ1v) is 6.51. The summed E-state index contributed by atoms with van der Waals surface area (Å²) in [5.74, 6) is -0.377. The fraction of sp³-hybridized carbons (Fsp3) is 0.0833. The molecule has 0 unspecified atom stereocenters. The maximum Gasteiger partial charge on any atom is 0.293 e. The monoisotopic (exact) mass is 340 g/mol. The number of carbonyl (C=O) groups is 1. The Bertz CT molecular complexity index is 621. The molecule has 1 N–H and O–H groups in total. The fourth-order valence-corrected chi connectivity index (χ4v) is 2.06. The molecule has 0 spiro atoms. The second-order valence-electron chi connectivity index (χ2n) is 3.75. The van der Waals surface area contributed by atoms with Gasteiger partial charge in [0.1, 0.15) is 0 Å². The van der Waals surface area contributed by atoms with Crippen LogP contribution in [0.15, 0.2) is 40.0 Å². The fourth-order valence-electron chi connectivity index (χ4n) is 1.38. The lowest BCUT2D eigenvalue weighted by molar-refractivity contribution is 0.0948. The number of aryl methyl sites for hydroxylation is 1. The number of hydrogen-bond donors (Lipinski definition) is 1. The molecule has 0 aliphatic rings. The van der Waals surface area contributed by atoms with E-state index in [1.807, 2.05) is 0 Å². The van der Waals surface area contributed by atoms with Crippen molar-refractivity contribution >= 4 is 39.7 Å². The van der Waals surface area contributed by atoms with Crippen LogP contribution in [0.5, 0.6) is 0 Å². The summed E-state index contributed by atoms with van der Waals surface area (Å²) >= 11 is 9.02. The van der Waals surface area contributed by atoms with Gasteiger partial charge in [-0.25, -0.2) is 5.43 Å². The van der Waals surface area contributed by atoms with Gasteiger partial charge in [0.15, 0.2) is 5.69 Å².